The Balaban J connectivity index is 2.07. The lowest BCUT2D eigenvalue weighted by molar-refractivity contribution is 0.167. The summed E-state index contributed by atoms with van der Waals surface area (Å²) in [6.07, 6.45) is 0.530. The van der Waals surface area contributed by atoms with Gasteiger partial charge in [-0.15, -0.1) is 0 Å². The van der Waals surface area contributed by atoms with Gasteiger partial charge in [-0.05, 0) is 25.0 Å². The van der Waals surface area contributed by atoms with E-state index < -0.39 is 0 Å². The zero-order chi connectivity index (χ0) is 13.1. The molecule has 0 bridgehead atoms. The number of ether oxygens (including phenoxy) is 1. The molecule has 1 aliphatic rings. The number of para-hydroxylation sites is 1. The minimum absolute atomic E-state index is 0.122. The second-order valence-electron chi connectivity index (χ2n) is 4.58. The van der Waals surface area contributed by atoms with Crippen molar-refractivity contribution in [3.05, 3.63) is 23.8 Å². The van der Waals surface area contributed by atoms with Gasteiger partial charge in [-0.25, -0.2) is 4.79 Å². The molecule has 1 amide bonds. The van der Waals surface area contributed by atoms with Crippen LogP contribution in [0.4, 0.5) is 16.2 Å². The van der Waals surface area contributed by atoms with Crippen molar-refractivity contribution in [2.45, 2.75) is 19.4 Å². The van der Waals surface area contributed by atoms with Crippen molar-refractivity contribution in [1.29, 1.82) is 0 Å². The molecule has 0 aliphatic carbocycles. The van der Waals surface area contributed by atoms with Gasteiger partial charge in [0.2, 0.25) is 0 Å². The van der Waals surface area contributed by atoms with E-state index in [0.29, 0.717) is 0 Å². The molecule has 1 aromatic rings. The zero-order valence-electron chi connectivity index (χ0n) is 10.8. The van der Waals surface area contributed by atoms with Crippen LogP contribution in [0.25, 0.3) is 0 Å². The smallest absolute Gasteiger partial charge is 0.407 e. The number of nitrogen functional groups attached to an aromatic ring is 1. The Labute approximate surface area is 107 Å². The molecular weight excluding hydrogens is 230 g/mol. The fourth-order valence-electron chi connectivity index (χ4n) is 2.42. The van der Waals surface area contributed by atoms with Gasteiger partial charge in [0, 0.05) is 13.1 Å². The first-order valence-corrected chi connectivity index (χ1v) is 6.06. The lowest BCUT2D eigenvalue weighted by Gasteiger charge is -2.22. The van der Waals surface area contributed by atoms with Crippen LogP contribution in [0.2, 0.25) is 0 Å². The number of amides is 1. The van der Waals surface area contributed by atoms with Crippen LogP contribution >= 0.6 is 0 Å². The Morgan fingerprint density at radius 1 is 1.56 bits per heavy atom. The maximum absolute atomic E-state index is 11.2. The molecule has 0 radical (unpaired) electrons. The summed E-state index contributed by atoms with van der Waals surface area (Å²) in [5, 5.41) is 2.82. The van der Waals surface area contributed by atoms with Crippen molar-refractivity contribution < 1.29 is 9.53 Å². The van der Waals surface area contributed by atoms with E-state index in [9.17, 15) is 4.79 Å². The van der Waals surface area contributed by atoms with Gasteiger partial charge < -0.3 is 20.7 Å². The number of alkyl carbamates (subject to hydrolysis) is 1. The highest BCUT2D eigenvalue weighted by Gasteiger charge is 2.26. The van der Waals surface area contributed by atoms with E-state index in [-0.39, 0.29) is 12.1 Å². The lowest BCUT2D eigenvalue weighted by Crippen LogP contribution is -2.37. The van der Waals surface area contributed by atoms with E-state index >= 15 is 0 Å². The van der Waals surface area contributed by atoms with Crippen LogP contribution in [0.5, 0.6) is 0 Å². The number of nitrogens with zero attached hydrogens (tertiary/aromatic N) is 1. The minimum atomic E-state index is -0.375. The van der Waals surface area contributed by atoms with E-state index in [1.165, 1.54) is 7.11 Å². The molecule has 1 saturated heterocycles. The normalized spacial score (nSPS) is 18.8. The Kier molecular flexibility index (Phi) is 3.60. The van der Waals surface area contributed by atoms with Crippen LogP contribution < -0.4 is 16.0 Å². The standard InChI is InChI=1S/C13H19N3O2/c1-9-4-3-5-11(14)12(9)16-7-6-10(8-16)15-13(17)18-2/h3-5,10H,6-8,14H2,1-2H3,(H,15,17). The molecule has 0 spiro atoms. The number of rotatable bonds is 2. The van der Waals surface area contributed by atoms with Crippen LogP contribution in [0.15, 0.2) is 18.2 Å². The van der Waals surface area contributed by atoms with Gasteiger partial charge in [-0.1, -0.05) is 12.1 Å². The summed E-state index contributed by atoms with van der Waals surface area (Å²) in [4.78, 5) is 13.4. The SMILES string of the molecule is COC(=O)NC1CCN(c2c(C)cccc2N)C1. The number of methoxy groups -OCH3 is 1. The fourth-order valence-corrected chi connectivity index (χ4v) is 2.42. The number of nitrogens with one attached hydrogen (secondary N) is 1. The monoisotopic (exact) mass is 249 g/mol. The van der Waals surface area contributed by atoms with Crippen LogP contribution in [0, 0.1) is 6.92 Å². The van der Waals surface area contributed by atoms with E-state index in [0.717, 1.165) is 36.4 Å². The van der Waals surface area contributed by atoms with Gasteiger partial charge in [-0.2, -0.15) is 0 Å². The number of carbonyl (C=O) groups excluding carboxylic acids is 1. The average molecular weight is 249 g/mol. The van der Waals surface area contributed by atoms with E-state index in [4.69, 9.17) is 5.73 Å². The summed E-state index contributed by atoms with van der Waals surface area (Å²) in [6.45, 7) is 3.71. The molecule has 0 aromatic heterocycles. The molecular formula is C13H19N3O2. The van der Waals surface area contributed by atoms with E-state index in [1.54, 1.807) is 0 Å². The van der Waals surface area contributed by atoms with Crippen molar-refractivity contribution in [3.63, 3.8) is 0 Å². The molecule has 3 N–H and O–H groups in total. The maximum Gasteiger partial charge on any atom is 0.407 e. The number of nitrogens with two attached hydrogens (primary N) is 1. The van der Waals surface area contributed by atoms with Crippen molar-refractivity contribution in [2.75, 3.05) is 30.8 Å². The summed E-state index contributed by atoms with van der Waals surface area (Å²) >= 11 is 0. The summed E-state index contributed by atoms with van der Waals surface area (Å²) in [5.41, 5.74) is 9.04. The van der Waals surface area contributed by atoms with Gasteiger partial charge >= 0.3 is 6.09 Å². The van der Waals surface area contributed by atoms with Gasteiger partial charge in [0.25, 0.3) is 0 Å². The first kappa shape index (κ1) is 12.5. The molecule has 5 heteroatoms. The van der Waals surface area contributed by atoms with Crippen LogP contribution in [0.1, 0.15) is 12.0 Å². The number of carbonyl (C=O) groups is 1. The zero-order valence-corrected chi connectivity index (χ0v) is 10.8. The minimum Gasteiger partial charge on any atom is -0.453 e. The fraction of sp³-hybridized carbons (Fsp3) is 0.462. The van der Waals surface area contributed by atoms with Gasteiger partial charge in [-0.3, -0.25) is 0 Å². The van der Waals surface area contributed by atoms with Crippen molar-refractivity contribution in [1.82, 2.24) is 5.32 Å². The van der Waals surface area contributed by atoms with Crippen molar-refractivity contribution in [2.24, 2.45) is 0 Å². The third-order valence-electron chi connectivity index (χ3n) is 3.28. The second-order valence-corrected chi connectivity index (χ2v) is 4.58. The quantitative estimate of drug-likeness (QED) is 0.780. The topological polar surface area (TPSA) is 67.6 Å². The largest absolute Gasteiger partial charge is 0.453 e. The summed E-state index contributed by atoms with van der Waals surface area (Å²) in [6, 6.07) is 6.03. The third-order valence-corrected chi connectivity index (χ3v) is 3.28. The molecule has 1 fully saturated rings. The highest BCUT2D eigenvalue weighted by molar-refractivity contribution is 5.72. The molecule has 1 aromatic carbocycles. The van der Waals surface area contributed by atoms with E-state index in [1.807, 2.05) is 25.1 Å². The lowest BCUT2D eigenvalue weighted by atomic mass is 10.1. The molecule has 1 heterocycles. The maximum atomic E-state index is 11.2. The Morgan fingerprint density at radius 2 is 2.33 bits per heavy atom. The van der Waals surface area contributed by atoms with Crippen LogP contribution in [-0.4, -0.2) is 32.3 Å². The van der Waals surface area contributed by atoms with Crippen LogP contribution in [-0.2, 0) is 4.74 Å². The molecule has 1 aliphatic heterocycles. The molecule has 5 nitrogen and oxygen atoms in total. The number of anilines is 2. The average Bonchev–Trinajstić information content (AvgIpc) is 2.77. The molecule has 2 rings (SSSR count). The Morgan fingerprint density at radius 3 is 3.00 bits per heavy atom. The summed E-state index contributed by atoms with van der Waals surface area (Å²) < 4.78 is 4.61. The van der Waals surface area contributed by atoms with Gasteiger partial charge in [0.05, 0.1) is 24.5 Å². The van der Waals surface area contributed by atoms with Crippen molar-refractivity contribution in [3.8, 4) is 0 Å². The third kappa shape index (κ3) is 2.50. The predicted octanol–water partition coefficient (Wildman–Crippen LogP) is 1.51. The molecule has 1 unspecified atom stereocenters. The first-order valence-electron chi connectivity index (χ1n) is 6.06. The predicted molar refractivity (Wildman–Crippen MR) is 71.8 cm³/mol. The summed E-state index contributed by atoms with van der Waals surface area (Å²) in [5.74, 6) is 0. The highest BCUT2D eigenvalue weighted by atomic mass is 16.5. The molecule has 1 atom stereocenters. The molecule has 98 valence electrons. The summed E-state index contributed by atoms with van der Waals surface area (Å²) in [7, 11) is 1.38. The van der Waals surface area contributed by atoms with Gasteiger partial charge in [0.1, 0.15) is 0 Å². The second kappa shape index (κ2) is 5.16. The van der Waals surface area contributed by atoms with E-state index in [2.05, 4.69) is 15.0 Å². The van der Waals surface area contributed by atoms with Gasteiger partial charge in [0.15, 0.2) is 0 Å². The Bertz CT molecular complexity index is 428. The van der Waals surface area contributed by atoms with Crippen LogP contribution in [0.3, 0.4) is 0 Å². The number of hydrogen-bond acceptors (Lipinski definition) is 4. The number of benzene rings is 1. The first-order chi connectivity index (χ1) is 8.61. The number of hydrogen-bond donors (Lipinski definition) is 2. The molecule has 0 saturated carbocycles. The van der Waals surface area contributed by atoms with Crippen molar-refractivity contribution >= 4 is 17.5 Å². The highest BCUT2D eigenvalue weighted by Crippen LogP contribution is 2.30. The number of aryl methyl sites for hydroxylation is 1. The Hall–Kier alpha value is -1.91. The molecule has 18 heavy (non-hydrogen) atoms.